The molecule has 0 aromatic heterocycles. The first-order valence-corrected chi connectivity index (χ1v) is 8.16. The molecule has 0 saturated heterocycles. The van der Waals surface area contributed by atoms with Crippen LogP contribution in [0.2, 0.25) is 5.02 Å². The fourth-order valence-corrected chi connectivity index (χ4v) is 2.21. The van der Waals surface area contributed by atoms with Gasteiger partial charge < -0.3 is 4.74 Å². The highest BCUT2D eigenvalue weighted by Crippen LogP contribution is 2.37. The standard InChI is InChI=1S/C17H16ClF3N2O4/c1-10(2)9-26-22-14-8-12(4-5-15(14)23(24)25)27-16-6-3-11(7-13(16)18)17(19,20)21/h3-8,10,22H,9H2,1-2H3. The van der Waals surface area contributed by atoms with Crippen LogP contribution in [-0.2, 0) is 11.0 Å². The van der Waals surface area contributed by atoms with Crippen LogP contribution in [0.5, 0.6) is 11.5 Å². The molecule has 0 aliphatic carbocycles. The van der Waals surface area contributed by atoms with E-state index < -0.39 is 16.7 Å². The molecule has 0 fully saturated rings. The maximum absolute atomic E-state index is 12.7. The number of hydrogen-bond donors (Lipinski definition) is 1. The van der Waals surface area contributed by atoms with Crippen molar-refractivity contribution < 1.29 is 27.7 Å². The monoisotopic (exact) mass is 404 g/mol. The third-order valence-corrected chi connectivity index (χ3v) is 3.55. The Balaban J connectivity index is 2.24. The van der Waals surface area contributed by atoms with Gasteiger partial charge in [-0.1, -0.05) is 25.4 Å². The summed E-state index contributed by atoms with van der Waals surface area (Å²) >= 11 is 5.85. The molecule has 0 aliphatic heterocycles. The molecule has 146 valence electrons. The van der Waals surface area contributed by atoms with Crippen molar-refractivity contribution in [2.45, 2.75) is 20.0 Å². The summed E-state index contributed by atoms with van der Waals surface area (Å²) in [7, 11) is 0. The highest BCUT2D eigenvalue weighted by molar-refractivity contribution is 6.32. The highest BCUT2D eigenvalue weighted by atomic mass is 35.5. The largest absolute Gasteiger partial charge is 0.456 e. The van der Waals surface area contributed by atoms with Crippen molar-refractivity contribution >= 4 is 23.0 Å². The van der Waals surface area contributed by atoms with Crippen molar-refractivity contribution in [3.8, 4) is 11.5 Å². The predicted octanol–water partition coefficient (Wildman–Crippen LogP) is 6.06. The number of nitro benzene ring substituents is 1. The smallest absolute Gasteiger partial charge is 0.416 e. The average molecular weight is 405 g/mol. The molecule has 2 rings (SSSR count). The van der Waals surface area contributed by atoms with E-state index in [9.17, 15) is 23.3 Å². The molecule has 0 heterocycles. The quantitative estimate of drug-likeness (QED) is 0.448. The molecule has 2 aromatic rings. The third kappa shape index (κ3) is 5.73. The Morgan fingerprint density at radius 1 is 1.22 bits per heavy atom. The zero-order valence-corrected chi connectivity index (χ0v) is 15.1. The second kappa shape index (κ2) is 8.45. The number of nitrogens with zero attached hydrogens (tertiary/aromatic N) is 1. The Morgan fingerprint density at radius 3 is 2.48 bits per heavy atom. The summed E-state index contributed by atoms with van der Waals surface area (Å²) in [5, 5.41) is 10.9. The van der Waals surface area contributed by atoms with Crippen LogP contribution in [0.1, 0.15) is 19.4 Å². The lowest BCUT2D eigenvalue weighted by molar-refractivity contribution is -0.384. The molecule has 0 bridgehead atoms. The first-order valence-electron chi connectivity index (χ1n) is 7.78. The number of halogens is 4. The van der Waals surface area contributed by atoms with E-state index in [0.29, 0.717) is 6.61 Å². The molecule has 6 nitrogen and oxygen atoms in total. The topological polar surface area (TPSA) is 73.6 Å². The number of hydrogen-bond acceptors (Lipinski definition) is 5. The summed E-state index contributed by atoms with van der Waals surface area (Å²) in [6.45, 7) is 4.12. The van der Waals surface area contributed by atoms with Crippen LogP contribution in [0.4, 0.5) is 24.5 Å². The van der Waals surface area contributed by atoms with Crippen LogP contribution in [0, 0.1) is 16.0 Å². The summed E-state index contributed by atoms with van der Waals surface area (Å²) in [6.07, 6.45) is -4.53. The lowest BCUT2D eigenvalue weighted by Gasteiger charge is -2.13. The molecule has 2 aromatic carbocycles. The number of benzene rings is 2. The fourth-order valence-electron chi connectivity index (χ4n) is 1.99. The van der Waals surface area contributed by atoms with Gasteiger partial charge in [0.15, 0.2) is 0 Å². The second-order valence-electron chi connectivity index (χ2n) is 5.99. The Hall–Kier alpha value is -2.52. The fraction of sp³-hybridized carbons (Fsp3) is 0.294. The SMILES string of the molecule is CC(C)CONc1cc(Oc2ccc(C(F)(F)F)cc2Cl)ccc1[N+](=O)[O-]. The molecule has 10 heteroatoms. The first kappa shape index (κ1) is 20.8. The molecule has 0 saturated carbocycles. The molecule has 27 heavy (non-hydrogen) atoms. The van der Waals surface area contributed by atoms with Crippen LogP contribution in [-0.4, -0.2) is 11.5 Å². The van der Waals surface area contributed by atoms with E-state index in [-0.39, 0.29) is 33.8 Å². The van der Waals surface area contributed by atoms with Gasteiger partial charge in [-0.3, -0.25) is 20.4 Å². The summed E-state index contributed by atoms with van der Waals surface area (Å²) in [6, 6.07) is 6.44. The Kier molecular flexibility index (Phi) is 6.50. The van der Waals surface area contributed by atoms with Gasteiger partial charge in [-0.25, -0.2) is 0 Å². The average Bonchev–Trinajstić information content (AvgIpc) is 2.55. The Morgan fingerprint density at radius 2 is 1.93 bits per heavy atom. The molecule has 0 unspecified atom stereocenters. The zero-order valence-electron chi connectivity index (χ0n) is 14.3. The Bertz CT molecular complexity index is 828. The minimum atomic E-state index is -4.53. The molecule has 0 amide bonds. The summed E-state index contributed by atoms with van der Waals surface area (Å²) < 4.78 is 43.5. The number of alkyl halides is 3. The maximum atomic E-state index is 12.7. The first-order chi connectivity index (χ1) is 12.6. The van der Waals surface area contributed by atoms with Crippen molar-refractivity contribution in [3.05, 3.63) is 57.1 Å². The molecule has 0 aliphatic rings. The highest BCUT2D eigenvalue weighted by Gasteiger charge is 2.31. The van der Waals surface area contributed by atoms with Gasteiger partial charge >= 0.3 is 6.18 Å². The third-order valence-electron chi connectivity index (χ3n) is 3.25. The van der Waals surface area contributed by atoms with Crippen LogP contribution >= 0.6 is 11.6 Å². The number of nitro groups is 1. The van der Waals surface area contributed by atoms with E-state index in [1.807, 2.05) is 13.8 Å². The summed E-state index contributed by atoms with van der Waals surface area (Å²) in [5.74, 6) is 0.312. The molecular formula is C17H16ClF3N2O4. The minimum absolute atomic E-state index is 0.0208. The van der Waals surface area contributed by atoms with Crippen molar-refractivity contribution in [2.75, 3.05) is 12.1 Å². The van der Waals surface area contributed by atoms with E-state index in [1.165, 1.54) is 18.2 Å². The second-order valence-corrected chi connectivity index (χ2v) is 6.40. The van der Waals surface area contributed by atoms with Crippen molar-refractivity contribution in [3.63, 3.8) is 0 Å². The van der Waals surface area contributed by atoms with Gasteiger partial charge in [-0.2, -0.15) is 13.2 Å². The van der Waals surface area contributed by atoms with E-state index in [4.69, 9.17) is 21.2 Å². The zero-order chi connectivity index (χ0) is 20.2. The van der Waals surface area contributed by atoms with E-state index in [2.05, 4.69) is 5.48 Å². The van der Waals surface area contributed by atoms with Crippen molar-refractivity contribution in [1.29, 1.82) is 0 Å². The Labute approximate surface area is 157 Å². The number of nitrogens with one attached hydrogen (secondary N) is 1. The number of rotatable bonds is 7. The van der Waals surface area contributed by atoms with Crippen molar-refractivity contribution in [1.82, 2.24) is 0 Å². The normalized spacial score (nSPS) is 11.5. The van der Waals surface area contributed by atoms with Gasteiger partial charge in [0.25, 0.3) is 5.69 Å². The summed E-state index contributed by atoms with van der Waals surface area (Å²) in [5.41, 5.74) is 1.38. The van der Waals surface area contributed by atoms with E-state index in [0.717, 1.165) is 18.2 Å². The van der Waals surface area contributed by atoms with Gasteiger partial charge in [-0.15, -0.1) is 0 Å². The number of ether oxygens (including phenoxy) is 1. The predicted molar refractivity (Wildman–Crippen MR) is 94.0 cm³/mol. The van der Waals surface area contributed by atoms with Crippen LogP contribution in [0.3, 0.4) is 0 Å². The summed E-state index contributed by atoms with van der Waals surface area (Å²) in [4.78, 5) is 15.7. The molecule has 0 radical (unpaired) electrons. The minimum Gasteiger partial charge on any atom is -0.456 e. The maximum Gasteiger partial charge on any atom is 0.416 e. The molecule has 1 N–H and O–H groups in total. The van der Waals surface area contributed by atoms with E-state index in [1.54, 1.807) is 0 Å². The van der Waals surface area contributed by atoms with Gasteiger partial charge in [0.05, 0.1) is 22.1 Å². The van der Waals surface area contributed by atoms with Crippen LogP contribution in [0.15, 0.2) is 36.4 Å². The lowest BCUT2D eigenvalue weighted by Crippen LogP contribution is -2.09. The molecule has 0 spiro atoms. The molecular weight excluding hydrogens is 389 g/mol. The lowest BCUT2D eigenvalue weighted by atomic mass is 10.2. The van der Waals surface area contributed by atoms with Gasteiger partial charge in [0.2, 0.25) is 0 Å². The van der Waals surface area contributed by atoms with Gasteiger partial charge in [0.1, 0.15) is 17.2 Å². The molecule has 0 atom stereocenters. The van der Waals surface area contributed by atoms with Crippen LogP contribution in [0.25, 0.3) is 0 Å². The van der Waals surface area contributed by atoms with Gasteiger partial charge in [-0.05, 0) is 30.2 Å². The number of anilines is 1. The van der Waals surface area contributed by atoms with E-state index >= 15 is 0 Å². The van der Waals surface area contributed by atoms with Crippen molar-refractivity contribution in [2.24, 2.45) is 5.92 Å². The van der Waals surface area contributed by atoms with Gasteiger partial charge in [0, 0.05) is 12.1 Å². The van der Waals surface area contributed by atoms with Crippen LogP contribution < -0.4 is 10.2 Å².